The Morgan fingerprint density at radius 2 is 1.69 bits per heavy atom. The molecule has 0 unspecified atom stereocenters. The van der Waals surface area contributed by atoms with Crippen molar-refractivity contribution in [3.8, 4) is 45.4 Å². The van der Waals surface area contributed by atoms with Crippen LogP contribution in [-0.2, 0) is 4.79 Å². The van der Waals surface area contributed by atoms with Crippen LogP contribution in [0.15, 0.2) is 35.7 Å². The zero-order valence-electron chi connectivity index (χ0n) is 18.2. The van der Waals surface area contributed by atoms with Crippen molar-refractivity contribution in [3.63, 3.8) is 0 Å². The van der Waals surface area contributed by atoms with E-state index in [0.717, 1.165) is 16.7 Å². The second-order valence-electron chi connectivity index (χ2n) is 6.68. The maximum atomic E-state index is 12.2. The monoisotopic (exact) mass is 459 g/mol. The quantitative estimate of drug-likeness (QED) is 0.446. The van der Waals surface area contributed by atoms with Crippen LogP contribution >= 0.6 is 11.5 Å². The summed E-state index contributed by atoms with van der Waals surface area (Å²) in [6.45, 7) is -0.467. The molecule has 0 saturated heterocycles. The first-order valence-electron chi connectivity index (χ1n) is 9.57. The minimum atomic E-state index is -1.04. The molecule has 0 radical (unpaired) electrons. The van der Waals surface area contributed by atoms with Gasteiger partial charge in [-0.3, -0.25) is 4.79 Å². The van der Waals surface area contributed by atoms with Crippen LogP contribution in [-0.4, -0.2) is 56.5 Å². The number of hydrogen-bond donors (Lipinski definition) is 3. The number of rotatable bonds is 9. The normalized spacial score (nSPS) is 11.6. The SMILES string of the molecule is COc1ccc(-c2nscc2-c2cc(OC)c(OC)c(OC)c2)cc1NC(=O)[C@@H](N)CO. The Morgan fingerprint density at radius 3 is 2.25 bits per heavy atom. The maximum absolute atomic E-state index is 12.2. The summed E-state index contributed by atoms with van der Waals surface area (Å²) < 4.78 is 26.3. The predicted molar refractivity (Wildman–Crippen MR) is 123 cm³/mol. The number of hydrogen-bond acceptors (Lipinski definition) is 9. The molecule has 1 atom stereocenters. The maximum Gasteiger partial charge on any atom is 0.243 e. The molecular formula is C22H25N3O6S. The summed E-state index contributed by atoms with van der Waals surface area (Å²) in [6, 6.07) is 7.97. The number of carbonyl (C=O) groups is 1. The molecule has 1 heterocycles. The molecule has 1 amide bonds. The smallest absolute Gasteiger partial charge is 0.243 e. The van der Waals surface area contributed by atoms with E-state index in [1.165, 1.54) is 18.6 Å². The Hall–Kier alpha value is -3.34. The Kier molecular flexibility index (Phi) is 7.52. The van der Waals surface area contributed by atoms with Crippen molar-refractivity contribution >= 4 is 23.1 Å². The zero-order valence-corrected chi connectivity index (χ0v) is 19.0. The standard InChI is InChI=1S/C22H25N3O6S/c1-28-17-6-5-12(7-16(17)24-22(27)15(23)10-26)20-14(11-32-25-20)13-8-18(29-2)21(31-4)19(9-13)30-3/h5-9,11,15,26H,10,23H2,1-4H3,(H,24,27)/t15-/m0/s1. The average Bonchev–Trinajstić information content (AvgIpc) is 3.32. The summed E-state index contributed by atoms with van der Waals surface area (Å²) in [5, 5.41) is 13.8. The Labute approximate surface area is 189 Å². The van der Waals surface area contributed by atoms with Crippen molar-refractivity contribution in [2.75, 3.05) is 40.4 Å². The van der Waals surface area contributed by atoms with E-state index in [-0.39, 0.29) is 0 Å². The zero-order chi connectivity index (χ0) is 23.3. The number of aliphatic hydroxyl groups excluding tert-OH is 1. The number of nitrogens with two attached hydrogens (primary N) is 1. The highest BCUT2D eigenvalue weighted by molar-refractivity contribution is 7.04. The van der Waals surface area contributed by atoms with E-state index in [4.69, 9.17) is 29.8 Å². The molecule has 170 valence electrons. The molecule has 1 aromatic heterocycles. The number of aliphatic hydroxyl groups is 1. The van der Waals surface area contributed by atoms with Crippen LogP contribution < -0.4 is 30.0 Å². The van der Waals surface area contributed by atoms with Crippen molar-refractivity contribution < 1.29 is 28.8 Å². The number of aromatic nitrogens is 1. The molecule has 0 aliphatic rings. The molecule has 0 bridgehead atoms. The summed E-state index contributed by atoms with van der Waals surface area (Å²) in [5.74, 6) is 1.49. The minimum absolute atomic E-state index is 0.419. The van der Waals surface area contributed by atoms with Crippen molar-refractivity contribution in [2.24, 2.45) is 5.73 Å². The molecule has 0 fully saturated rings. The Balaban J connectivity index is 2.07. The van der Waals surface area contributed by atoms with E-state index >= 15 is 0 Å². The van der Waals surface area contributed by atoms with Crippen LogP contribution in [0.3, 0.4) is 0 Å². The van der Waals surface area contributed by atoms with Gasteiger partial charge in [0, 0.05) is 16.5 Å². The highest BCUT2D eigenvalue weighted by atomic mass is 32.1. The first kappa shape index (κ1) is 23.3. The number of anilines is 1. The molecule has 10 heteroatoms. The summed E-state index contributed by atoms with van der Waals surface area (Å²) in [4.78, 5) is 12.2. The van der Waals surface area contributed by atoms with E-state index < -0.39 is 18.6 Å². The topological polar surface area (TPSA) is 125 Å². The number of amides is 1. The van der Waals surface area contributed by atoms with Gasteiger partial charge in [0.05, 0.1) is 46.4 Å². The van der Waals surface area contributed by atoms with Crippen molar-refractivity contribution in [3.05, 3.63) is 35.7 Å². The van der Waals surface area contributed by atoms with E-state index in [2.05, 4.69) is 9.69 Å². The highest BCUT2D eigenvalue weighted by Crippen LogP contribution is 2.44. The molecule has 2 aromatic carbocycles. The van der Waals surface area contributed by atoms with Crippen LogP contribution in [0.5, 0.6) is 23.0 Å². The van der Waals surface area contributed by atoms with Gasteiger partial charge in [0.1, 0.15) is 11.8 Å². The van der Waals surface area contributed by atoms with Crippen molar-refractivity contribution in [2.45, 2.75) is 6.04 Å². The third kappa shape index (κ3) is 4.62. The molecule has 0 saturated carbocycles. The van der Waals surface area contributed by atoms with Crippen molar-refractivity contribution in [1.29, 1.82) is 0 Å². The molecule has 4 N–H and O–H groups in total. The molecule has 0 aliphatic heterocycles. The van der Waals surface area contributed by atoms with Gasteiger partial charge in [0.15, 0.2) is 11.5 Å². The summed E-state index contributed by atoms with van der Waals surface area (Å²) in [5.41, 5.74) is 9.17. The van der Waals surface area contributed by atoms with E-state index in [0.29, 0.717) is 34.4 Å². The van der Waals surface area contributed by atoms with Gasteiger partial charge in [0.25, 0.3) is 0 Å². The molecule has 3 rings (SSSR count). The largest absolute Gasteiger partial charge is 0.495 e. The third-order valence-corrected chi connectivity index (χ3v) is 5.44. The molecule has 0 aliphatic carbocycles. The number of methoxy groups -OCH3 is 4. The fourth-order valence-electron chi connectivity index (χ4n) is 3.15. The minimum Gasteiger partial charge on any atom is -0.495 e. The summed E-state index contributed by atoms with van der Waals surface area (Å²) in [7, 11) is 6.17. The van der Waals surface area contributed by atoms with E-state index in [9.17, 15) is 4.79 Å². The number of benzene rings is 2. The van der Waals surface area contributed by atoms with Gasteiger partial charge in [-0.2, -0.15) is 4.37 Å². The number of nitrogens with zero attached hydrogens (tertiary/aromatic N) is 1. The number of carbonyl (C=O) groups excluding carboxylic acids is 1. The fourth-order valence-corrected chi connectivity index (χ4v) is 3.86. The lowest BCUT2D eigenvalue weighted by Gasteiger charge is -2.15. The van der Waals surface area contributed by atoms with Crippen LogP contribution in [0.2, 0.25) is 0 Å². The summed E-state index contributed by atoms with van der Waals surface area (Å²) in [6.07, 6.45) is 0. The van der Waals surface area contributed by atoms with Crippen LogP contribution in [0, 0.1) is 0 Å². The fraction of sp³-hybridized carbons (Fsp3) is 0.273. The highest BCUT2D eigenvalue weighted by Gasteiger charge is 2.20. The predicted octanol–water partition coefficient (Wildman–Crippen LogP) is 2.77. The van der Waals surface area contributed by atoms with Crippen LogP contribution in [0.1, 0.15) is 0 Å². The third-order valence-electron chi connectivity index (χ3n) is 4.81. The Morgan fingerprint density at radius 1 is 1.03 bits per heavy atom. The molecule has 3 aromatic rings. The molecule has 0 spiro atoms. The first-order chi connectivity index (χ1) is 15.5. The van der Waals surface area contributed by atoms with E-state index in [1.807, 2.05) is 23.6 Å². The first-order valence-corrected chi connectivity index (χ1v) is 10.4. The molecular weight excluding hydrogens is 434 g/mol. The molecule has 9 nitrogen and oxygen atoms in total. The lowest BCUT2D eigenvalue weighted by atomic mass is 10.0. The van der Waals surface area contributed by atoms with Gasteiger partial charge >= 0.3 is 0 Å². The average molecular weight is 460 g/mol. The second-order valence-corrected chi connectivity index (χ2v) is 7.31. The van der Waals surface area contributed by atoms with Gasteiger partial charge < -0.3 is 35.1 Å². The van der Waals surface area contributed by atoms with E-state index in [1.54, 1.807) is 33.5 Å². The van der Waals surface area contributed by atoms with Gasteiger partial charge in [-0.1, -0.05) is 0 Å². The van der Waals surface area contributed by atoms with Crippen LogP contribution in [0.4, 0.5) is 5.69 Å². The molecule has 32 heavy (non-hydrogen) atoms. The second kappa shape index (κ2) is 10.3. The Bertz CT molecular complexity index is 1080. The lowest BCUT2D eigenvalue weighted by Crippen LogP contribution is -2.38. The van der Waals surface area contributed by atoms with Gasteiger partial charge in [-0.15, -0.1) is 0 Å². The van der Waals surface area contributed by atoms with Crippen molar-refractivity contribution in [1.82, 2.24) is 4.37 Å². The lowest BCUT2D eigenvalue weighted by molar-refractivity contribution is -0.118. The summed E-state index contributed by atoms with van der Waals surface area (Å²) >= 11 is 1.30. The number of nitrogens with one attached hydrogen (secondary N) is 1. The van der Waals surface area contributed by atoms with Crippen LogP contribution in [0.25, 0.3) is 22.4 Å². The number of ether oxygens (including phenoxy) is 4. The van der Waals surface area contributed by atoms with Gasteiger partial charge in [0.2, 0.25) is 11.7 Å². The van der Waals surface area contributed by atoms with Gasteiger partial charge in [-0.05, 0) is 47.4 Å². The van der Waals surface area contributed by atoms with Gasteiger partial charge in [-0.25, -0.2) is 0 Å².